The summed E-state index contributed by atoms with van der Waals surface area (Å²) in [5.74, 6) is -1.50. The topological polar surface area (TPSA) is 98.7 Å². The zero-order chi connectivity index (χ0) is 18.6. The molecule has 0 bridgehead atoms. The quantitative estimate of drug-likeness (QED) is 0.711. The standard InChI is InChI=1S/C19H25N3O4/c23-16(24)12-22-11-5-4-8-15(17(22)25)21-18(26)19(9-10-20-13-19)14-6-2-1-3-7-14/h1-3,6-7,15,20H,4-5,8-13H2,(H,21,26)(H,23,24). The molecule has 2 heterocycles. The first-order valence-electron chi connectivity index (χ1n) is 9.11. The zero-order valence-corrected chi connectivity index (χ0v) is 14.7. The predicted molar refractivity (Wildman–Crippen MR) is 95.6 cm³/mol. The van der Waals surface area contributed by atoms with Crippen LogP contribution in [-0.2, 0) is 19.8 Å². The average molecular weight is 359 g/mol. The molecule has 2 atom stereocenters. The zero-order valence-electron chi connectivity index (χ0n) is 14.7. The fourth-order valence-electron chi connectivity index (χ4n) is 3.88. The van der Waals surface area contributed by atoms with Crippen LogP contribution in [0.5, 0.6) is 0 Å². The predicted octanol–water partition coefficient (Wildman–Crippen LogP) is 0.500. The lowest BCUT2D eigenvalue weighted by atomic mass is 9.78. The molecule has 7 heteroatoms. The fraction of sp³-hybridized carbons (Fsp3) is 0.526. The molecule has 2 aliphatic rings. The van der Waals surface area contributed by atoms with Crippen molar-refractivity contribution in [3.05, 3.63) is 35.9 Å². The number of likely N-dealkylation sites (tertiary alicyclic amines) is 1. The Morgan fingerprint density at radius 1 is 1.27 bits per heavy atom. The molecule has 3 N–H and O–H groups in total. The monoisotopic (exact) mass is 359 g/mol. The van der Waals surface area contributed by atoms with Crippen molar-refractivity contribution < 1.29 is 19.5 Å². The second-order valence-electron chi connectivity index (χ2n) is 7.05. The number of aliphatic carboxylic acids is 1. The highest BCUT2D eigenvalue weighted by atomic mass is 16.4. The third-order valence-electron chi connectivity index (χ3n) is 5.33. The lowest BCUT2D eigenvalue weighted by molar-refractivity contribution is -0.145. The molecule has 0 aromatic heterocycles. The minimum atomic E-state index is -1.04. The molecule has 0 aliphatic carbocycles. The average Bonchev–Trinajstić information content (AvgIpc) is 3.08. The number of carbonyl (C=O) groups is 3. The molecule has 7 nitrogen and oxygen atoms in total. The molecule has 2 unspecified atom stereocenters. The summed E-state index contributed by atoms with van der Waals surface area (Å²) in [6.07, 6.45) is 2.74. The Kier molecular flexibility index (Phi) is 5.56. The van der Waals surface area contributed by atoms with Crippen molar-refractivity contribution in [2.75, 3.05) is 26.2 Å². The van der Waals surface area contributed by atoms with Crippen LogP contribution in [0.4, 0.5) is 0 Å². The number of carbonyl (C=O) groups excluding carboxylic acids is 2. The van der Waals surface area contributed by atoms with Gasteiger partial charge in [0.15, 0.2) is 0 Å². The third kappa shape index (κ3) is 3.72. The van der Waals surface area contributed by atoms with Gasteiger partial charge in [-0.2, -0.15) is 0 Å². The van der Waals surface area contributed by atoms with Crippen LogP contribution >= 0.6 is 0 Å². The fourth-order valence-corrected chi connectivity index (χ4v) is 3.88. The van der Waals surface area contributed by atoms with E-state index in [0.29, 0.717) is 25.9 Å². The van der Waals surface area contributed by atoms with Gasteiger partial charge in [0.1, 0.15) is 12.6 Å². The lowest BCUT2D eigenvalue weighted by Crippen LogP contribution is -2.54. The third-order valence-corrected chi connectivity index (χ3v) is 5.33. The van der Waals surface area contributed by atoms with E-state index in [4.69, 9.17) is 5.11 Å². The molecular weight excluding hydrogens is 334 g/mol. The van der Waals surface area contributed by atoms with Crippen LogP contribution in [0.25, 0.3) is 0 Å². The highest BCUT2D eigenvalue weighted by Crippen LogP contribution is 2.31. The molecule has 2 aliphatic heterocycles. The highest BCUT2D eigenvalue weighted by molar-refractivity contribution is 5.94. The Hall–Kier alpha value is -2.41. The van der Waals surface area contributed by atoms with E-state index < -0.39 is 17.4 Å². The van der Waals surface area contributed by atoms with E-state index >= 15 is 0 Å². The van der Waals surface area contributed by atoms with Gasteiger partial charge in [0.25, 0.3) is 0 Å². The van der Waals surface area contributed by atoms with E-state index in [1.165, 1.54) is 4.90 Å². The van der Waals surface area contributed by atoms with Crippen molar-refractivity contribution in [3.63, 3.8) is 0 Å². The van der Waals surface area contributed by atoms with E-state index in [0.717, 1.165) is 24.9 Å². The van der Waals surface area contributed by atoms with Crippen molar-refractivity contribution in [1.29, 1.82) is 0 Å². The summed E-state index contributed by atoms with van der Waals surface area (Å²) in [5.41, 5.74) is 0.247. The molecule has 0 radical (unpaired) electrons. The number of amides is 2. The van der Waals surface area contributed by atoms with Gasteiger partial charge in [-0.25, -0.2) is 0 Å². The van der Waals surface area contributed by atoms with Crippen molar-refractivity contribution in [3.8, 4) is 0 Å². The molecular formula is C19H25N3O4. The Bertz CT molecular complexity index is 671. The van der Waals surface area contributed by atoms with E-state index in [1.54, 1.807) is 0 Å². The van der Waals surface area contributed by atoms with Gasteiger partial charge in [-0.3, -0.25) is 14.4 Å². The largest absolute Gasteiger partial charge is 0.480 e. The number of rotatable bonds is 5. The summed E-state index contributed by atoms with van der Waals surface area (Å²) in [5, 5.41) is 15.2. The first-order valence-corrected chi connectivity index (χ1v) is 9.11. The Balaban J connectivity index is 1.78. The molecule has 1 aromatic carbocycles. The van der Waals surface area contributed by atoms with Crippen LogP contribution in [0.2, 0.25) is 0 Å². The molecule has 2 saturated heterocycles. The van der Waals surface area contributed by atoms with Gasteiger partial charge < -0.3 is 20.6 Å². The van der Waals surface area contributed by atoms with E-state index in [-0.39, 0.29) is 18.4 Å². The van der Waals surface area contributed by atoms with Gasteiger partial charge in [-0.05, 0) is 37.8 Å². The van der Waals surface area contributed by atoms with Crippen LogP contribution in [0, 0.1) is 0 Å². The molecule has 26 heavy (non-hydrogen) atoms. The molecule has 2 amide bonds. The van der Waals surface area contributed by atoms with E-state index in [2.05, 4.69) is 10.6 Å². The van der Waals surface area contributed by atoms with Crippen LogP contribution in [0.15, 0.2) is 30.3 Å². The number of nitrogens with one attached hydrogen (secondary N) is 2. The smallest absolute Gasteiger partial charge is 0.323 e. The maximum atomic E-state index is 13.2. The van der Waals surface area contributed by atoms with Gasteiger partial charge >= 0.3 is 5.97 Å². The van der Waals surface area contributed by atoms with Gasteiger partial charge in [0.2, 0.25) is 11.8 Å². The van der Waals surface area contributed by atoms with Crippen LogP contribution in [-0.4, -0.2) is 60.0 Å². The summed E-state index contributed by atoms with van der Waals surface area (Å²) >= 11 is 0. The first kappa shape index (κ1) is 18.4. The number of nitrogens with zero attached hydrogens (tertiary/aromatic N) is 1. The Morgan fingerprint density at radius 3 is 2.69 bits per heavy atom. The SMILES string of the molecule is O=C(O)CN1CCCCC(NC(=O)C2(c3ccccc3)CCNC2)C1=O. The van der Waals surface area contributed by atoms with E-state index in [1.807, 2.05) is 30.3 Å². The number of carboxylic acids is 1. The van der Waals surface area contributed by atoms with Crippen molar-refractivity contribution in [2.45, 2.75) is 37.1 Å². The Labute approximate surface area is 152 Å². The molecule has 140 valence electrons. The number of benzene rings is 1. The van der Waals surface area contributed by atoms with Gasteiger partial charge in [0.05, 0.1) is 5.41 Å². The van der Waals surface area contributed by atoms with E-state index in [9.17, 15) is 14.4 Å². The summed E-state index contributed by atoms with van der Waals surface area (Å²) in [6.45, 7) is 1.37. The Morgan fingerprint density at radius 2 is 2.04 bits per heavy atom. The number of carboxylic acid groups (broad SMARTS) is 1. The van der Waals surface area contributed by atoms with Crippen LogP contribution in [0.3, 0.4) is 0 Å². The second-order valence-corrected chi connectivity index (χ2v) is 7.05. The molecule has 2 fully saturated rings. The minimum absolute atomic E-state index is 0.163. The normalized spacial score (nSPS) is 26.4. The molecule has 3 rings (SSSR count). The molecule has 1 aromatic rings. The van der Waals surface area contributed by atoms with Crippen LogP contribution in [0.1, 0.15) is 31.2 Å². The summed E-state index contributed by atoms with van der Waals surface area (Å²) in [4.78, 5) is 38.2. The first-order chi connectivity index (χ1) is 12.5. The molecule has 0 saturated carbocycles. The maximum Gasteiger partial charge on any atom is 0.323 e. The lowest BCUT2D eigenvalue weighted by Gasteiger charge is -2.31. The second kappa shape index (κ2) is 7.86. The van der Waals surface area contributed by atoms with Gasteiger partial charge in [-0.15, -0.1) is 0 Å². The maximum absolute atomic E-state index is 13.2. The number of hydrogen-bond acceptors (Lipinski definition) is 4. The van der Waals surface area contributed by atoms with Gasteiger partial charge in [-0.1, -0.05) is 30.3 Å². The van der Waals surface area contributed by atoms with Crippen LogP contribution < -0.4 is 10.6 Å². The van der Waals surface area contributed by atoms with Crippen molar-refractivity contribution >= 4 is 17.8 Å². The summed E-state index contributed by atoms with van der Waals surface area (Å²) in [6, 6.07) is 8.96. The highest BCUT2D eigenvalue weighted by Gasteiger charge is 2.44. The van der Waals surface area contributed by atoms with Crippen molar-refractivity contribution in [1.82, 2.24) is 15.5 Å². The van der Waals surface area contributed by atoms with Gasteiger partial charge in [0, 0.05) is 13.1 Å². The minimum Gasteiger partial charge on any atom is -0.480 e. The summed E-state index contributed by atoms with van der Waals surface area (Å²) < 4.78 is 0. The van der Waals surface area contributed by atoms with Crippen molar-refractivity contribution in [2.24, 2.45) is 0 Å². The number of hydrogen-bond donors (Lipinski definition) is 3. The summed E-state index contributed by atoms with van der Waals surface area (Å²) in [7, 11) is 0. The molecule has 0 spiro atoms.